The molecule has 2 heterocycles. The lowest BCUT2D eigenvalue weighted by atomic mass is 10.1. The van der Waals surface area contributed by atoms with Gasteiger partial charge in [0.1, 0.15) is 11.6 Å². The van der Waals surface area contributed by atoms with Gasteiger partial charge in [-0.25, -0.2) is 4.98 Å². The fraction of sp³-hybridized carbons (Fsp3) is 0.312. The van der Waals surface area contributed by atoms with Gasteiger partial charge in [-0.05, 0) is 36.8 Å². The van der Waals surface area contributed by atoms with Crippen LogP contribution in [0.25, 0.3) is 11.0 Å². The maximum atomic E-state index is 5.94. The second-order valence-corrected chi connectivity index (χ2v) is 5.20. The van der Waals surface area contributed by atoms with Gasteiger partial charge in [-0.3, -0.25) is 0 Å². The number of fused-ring (bicyclic) bond motifs is 1. The molecule has 104 valence electrons. The Bertz CT molecular complexity index is 711. The first-order chi connectivity index (χ1) is 9.65. The van der Waals surface area contributed by atoms with Crippen LogP contribution in [0.2, 0.25) is 0 Å². The number of nitrogens with two attached hydrogens (primary N) is 1. The van der Waals surface area contributed by atoms with E-state index in [9.17, 15) is 0 Å². The molecule has 0 saturated heterocycles. The van der Waals surface area contributed by atoms with Crippen LogP contribution >= 0.6 is 0 Å². The van der Waals surface area contributed by atoms with Crippen LogP contribution in [0.4, 0.5) is 0 Å². The summed E-state index contributed by atoms with van der Waals surface area (Å²) in [5, 5.41) is 0. The van der Waals surface area contributed by atoms with Crippen LogP contribution < -0.4 is 5.73 Å². The fourth-order valence-electron chi connectivity index (χ4n) is 2.45. The Morgan fingerprint density at radius 2 is 2.15 bits per heavy atom. The van der Waals surface area contributed by atoms with E-state index >= 15 is 0 Å². The van der Waals surface area contributed by atoms with Crippen LogP contribution in [-0.2, 0) is 19.9 Å². The highest BCUT2D eigenvalue weighted by Crippen LogP contribution is 2.20. The summed E-state index contributed by atoms with van der Waals surface area (Å²) in [6.07, 6.45) is 3.44. The normalized spacial score (nSPS) is 12.9. The summed E-state index contributed by atoms with van der Waals surface area (Å²) >= 11 is 0. The summed E-state index contributed by atoms with van der Waals surface area (Å²) in [6, 6.07) is 10.2. The first-order valence-corrected chi connectivity index (χ1v) is 6.88. The molecule has 3 rings (SSSR count). The third-order valence-corrected chi connectivity index (χ3v) is 3.70. The lowest BCUT2D eigenvalue weighted by Crippen LogP contribution is -2.05. The second kappa shape index (κ2) is 5.13. The minimum absolute atomic E-state index is 0.0425. The first-order valence-electron chi connectivity index (χ1n) is 6.88. The molecule has 20 heavy (non-hydrogen) atoms. The molecule has 0 spiro atoms. The number of benzene rings is 1. The van der Waals surface area contributed by atoms with Crippen LogP contribution in [0, 0.1) is 0 Å². The van der Waals surface area contributed by atoms with Crippen molar-refractivity contribution in [3.05, 3.63) is 53.7 Å². The topological polar surface area (TPSA) is 57.0 Å². The van der Waals surface area contributed by atoms with Crippen molar-refractivity contribution < 1.29 is 4.42 Å². The van der Waals surface area contributed by atoms with Crippen molar-refractivity contribution in [3.63, 3.8) is 0 Å². The van der Waals surface area contributed by atoms with Gasteiger partial charge in [0.25, 0.3) is 0 Å². The number of rotatable bonds is 4. The third-order valence-electron chi connectivity index (χ3n) is 3.70. The van der Waals surface area contributed by atoms with E-state index in [0.717, 1.165) is 41.0 Å². The molecule has 2 aromatic heterocycles. The Morgan fingerprint density at radius 1 is 1.30 bits per heavy atom. The van der Waals surface area contributed by atoms with E-state index in [1.54, 1.807) is 6.26 Å². The number of nitrogens with zero attached hydrogens (tertiary/aromatic N) is 2. The summed E-state index contributed by atoms with van der Waals surface area (Å²) in [4.78, 5) is 4.69. The molecule has 0 aliphatic rings. The molecule has 0 fully saturated rings. The number of hydrogen-bond donors (Lipinski definition) is 1. The van der Waals surface area contributed by atoms with E-state index in [-0.39, 0.29) is 6.04 Å². The van der Waals surface area contributed by atoms with Crippen LogP contribution in [0.5, 0.6) is 0 Å². The Balaban J connectivity index is 1.90. The Labute approximate surface area is 118 Å². The predicted molar refractivity (Wildman–Crippen MR) is 79.4 cm³/mol. The van der Waals surface area contributed by atoms with E-state index in [0.29, 0.717) is 0 Å². The molecule has 1 unspecified atom stereocenters. The minimum atomic E-state index is 0.0425. The molecule has 0 amide bonds. The molecule has 0 radical (unpaired) electrons. The number of imidazole rings is 1. The molecule has 4 heteroatoms. The number of aromatic nitrogens is 2. The zero-order valence-corrected chi connectivity index (χ0v) is 11.8. The molecule has 1 aromatic carbocycles. The summed E-state index contributed by atoms with van der Waals surface area (Å²) in [5.41, 5.74) is 9.23. The van der Waals surface area contributed by atoms with E-state index in [4.69, 9.17) is 15.1 Å². The molecule has 1 atom stereocenters. The van der Waals surface area contributed by atoms with Gasteiger partial charge < -0.3 is 14.7 Å². The molecule has 0 aliphatic carbocycles. The van der Waals surface area contributed by atoms with Crippen molar-refractivity contribution in [2.24, 2.45) is 12.8 Å². The SMILES string of the molecule is CC(N)c1ccc2nc(CCc3ccco3)n(C)c2c1. The number of furan rings is 1. The van der Waals surface area contributed by atoms with Gasteiger partial charge in [0.2, 0.25) is 0 Å². The van der Waals surface area contributed by atoms with E-state index < -0.39 is 0 Å². The second-order valence-electron chi connectivity index (χ2n) is 5.20. The lowest BCUT2D eigenvalue weighted by molar-refractivity contribution is 0.505. The van der Waals surface area contributed by atoms with E-state index in [1.807, 2.05) is 25.1 Å². The Kier molecular flexibility index (Phi) is 3.32. The van der Waals surface area contributed by atoms with Crippen LogP contribution in [0.15, 0.2) is 41.0 Å². The highest BCUT2D eigenvalue weighted by Gasteiger charge is 2.10. The molecule has 3 aromatic rings. The zero-order chi connectivity index (χ0) is 14.1. The third kappa shape index (κ3) is 2.34. The molecular formula is C16H19N3O. The number of hydrogen-bond acceptors (Lipinski definition) is 3. The first kappa shape index (κ1) is 12.9. The zero-order valence-electron chi connectivity index (χ0n) is 11.8. The smallest absolute Gasteiger partial charge is 0.110 e. The van der Waals surface area contributed by atoms with Crippen molar-refractivity contribution in [2.45, 2.75) is 25.8 Å². The highest BCUT2D eigenvalue weighted by molar-refractivity contribution is 5.77. The molecular weight excluding hydrogens is 250 g/mol. The van der Waals surface area contributed by atoms with Crippen molar-refractivity contribution in [3.8, 4) is 0 Å². The van der Waals surface area contributed by atoms with Gasteiger partial charge in [-0.15, -0.1) is 0 Å². The highest BCUT2D eigenvalue weighted by atomic mass is 16.3. The maximum absolute atomic E-state index is 5.94. The standard InChI is InChI=1S/C16H19N3O/c1-11(17)12-5-7-14-15(10-12)19(2)16(18-14)8-6-13-4-3-9-20-13/h3-5,7,9-11H,6,8,17H2,1-2H3. The quantitative estimate of drug-likeness (QED) is 0.792. The minimum Gasteiger partial charge on any atom is -0.469 e. The lowest BCUT2D eigenvalue weighted by Gasteiger charge is -2.06. The van der Waals surface area contributed by atoms with Crippen molar-refractivity contribution >= 4 is 11.0 Å². The molecule has 4 nitrogen and oxygen atoms in total. The van der Waals surface area contributed by atoms with Gasteiger partial charge >= 0.3 is 0 Å². The van der Waals surface area contributed by atoms with Crippen LogP contribution in [0.3, 0.4) is 0 Å². The van der Waals surface area contributed by atoms with Crippen LogP contribution in [0.1, 0.15) is 30.1 Å². The molecule has 0 aliphatic heterocycles. The molecule has 0 bridgehead atoms. The average molecular weight is 269 g/mol. The summed E-state index contributed by atoms with van der Waals surface area (Å²) in [5.74, 6) is 2.06. The van der Waals surface area contributed by atoms with Crippen molar-refractivity contribution in [1.29, 1.82) is 0 Å². The monoisotopic (exact) mass is 269 g/mol. The van der Waals surface area contributed by atoms with Gasteiger partial charge in [0.15, 0.2) is 0 Å². The largest absolute Gasteiger partial charge is 0.469 e. The summed E-state index contributed by atoms with van der Waals surface area (Å²) in [6.45, 7) is 2.00. The molecule has 0 saturated carbocycles. The molecule has 2 N–H and O–H groups in total. The van der Waals surface area contributed by atoms with Crippen molar-refractivity contribution in [1.82, 2.24) is 9.55 Å². The summed E-state index contributed by atoms with van der Waals surface area (Å²) in [7, 11) is 2.05. The Morgan fingerprint density at radius 3 is 2.85 bits per heavy atom. The van der Waals surface area contributed by atoms with E-state index in [1.165, 1.54) is 0 Å². The van der Waals surface area contributed by atoms with Gasteiger partial charge in [0.05, 0.1) is 17.3 Å². The van der Waals surface area contributed by atoms with E-state index in [2.05, 4.69) is 23.7 Å². The van der Waals surface area contributed by atoms with Gasteiger partial charge in [0, 0.05) is 25.9 Å². The maximum Gasteiger partial charge on any atom is 0.110 e. The Hall–Kier alpha value is -2.07. The number of aryl methyl sites for hydroxylation is 3. The average Bonchev–Trinajstić information content (AvgIpc) is 3.05. The van der Waals surface area contributed by atoms with Crippen molar-refractivity contribution in [2.75, 3.05) is 0 Å². The van der Waals surface area contributed by atoms with Gasteiger partial charge in [-0.1, -0.05) is 6.07 Å². The predicted octanol–water partition coefficient (Wildman–Crippen LogP) is 2.97. The van der Waals surface area contributed by atoms with Gasteiger partial charge in [-0.2, -0.15) is 0 Å². The van der Waals surface area contributed by atoms with Crippen LogP contribution in [-0.4, -0.2) is 9.55 Å². The fourth-order valence-corrected chi connectivity index (χ4v) is 2.45. The summed E-state index contributed by atoms with van der Waals surface area (Å²) < 4.78 is 7.51.